The first-order valence-corrected chi connectivity index (χ1v) is 10.7. The zero-order chi connectivity index (χ0) is 20.8. The molecule has 1 aliphatic heterocycles. The molecule has 0 saturated carbocycles. The molecule has 2 aromatic rings. The minimum Gasteiger partial charge on any atom is -0.369 e. The van der Waals surface area contributed by atoms with Crippen LogP contribution in [-0.2, 0) is 6.54 Å². The molecule has 5 nitrogen and oxygen atoms in total. The normalized spacial score (nSPS) is 15.0. The Bertz CT molecular complexity index is 806. The van der Waals surface area contributed by atoms with Gasteiger partial charge >= 0.3 is 0 Å². The number of amides is 1. The maximum absolute atomic E-state index is 12.7. The number of likely N-dealkylation sites (N-methyl/N-ethyl adjacent to an activating group) is 1. The summed E-state index contributed by atoms with van der Waals surface area (Å²) in [5, 5.41) is 3.04. The minimum absolute atomic E-state index is 0.0638. The van der Waals surface area contributed by atoms with Crippen LogP contribution in [0, 0.1) is 6.92 Å². The number of rotatable bonds is 7. The number of nitrogens with zero attached hydrogens (tertiary/aromatic N) is 3. The monoisotopic (exact) mass is 394 g/mol. The largest absolute Gasteiger partial charge is 0.369 e. The number of piperazine rings is 1. The highest BCUT2D eigenvalue weighted by Crippen LogP contribution is 2.25. The van der Waals surface area contributed by atoms with Crippen molar-refractivity contribution >= 4 is 17.3 Å². The highest BCUT2D eigenvalue weighted by molar-refractivity contribution is 6.04. The van der Waals surface area contributed by atoms with Gasteiger partial charge in [0.05, 0.1) is 0 Å². The Labute approximate surface area is 175 Å². The van der Waals surface area contributed by atoms with E-state index in [2.05, 4.69) is 72.1 Å². The number of hydrogen-bond acceptors (Lipinski definition) is 4. The van der Waals surface area contributed by atoms with Crippen LogP contribution in [0.2, 0.25) is 0 Å². The van der Waals surface area contributed by atoms with Gasteiger partial charge < -0.3 is 15.1 Å². The van der Waals surface area contributed by atoms with Crippen LogP contribution in [0.25, 0.3) is 0 Å². The average Bonchev–Trinajstić information content (AvgIpc) is 2.73. The molecule has 5 heteroatoms. The van der Waals surface area contributed by atoms with Crippen LogP contribution in [0.1, 0.15) is 35.3 Å². The smallest absolute Gasteiger partial charge is 0.255 e. The quantitative estimate of drug-likeness (QED) is 0.774. The molecular weight excluding hydrogens is 360 g/mol. The first kappa shape index (κ1) is 21.3. The lowest BCUT2D eigenvalue weighted by atomic mass is 10.1. The zero-order valence-electron chi connectivity index (χ0n) is 18.2. The Hall–Kier alpha value is -2.37. The lowest BCUT2D eigenvalue weighted by molar-refractivity contribution is 0.102. The summed E-state index contributed by atoms with van der Waals surface area (Å²) in [6.45, 7) is 13.7. The molecule has 0 aromatic heterocycles. The number of carbonyl (C=O) groups excluding carboxylic acids is 1. The van der Waals surface area contributed by atoms with Gasteiger partial charge in [0.1, 0.15) is 0 Å². The van der Waals surface area contributed by atoms with E-state index in [4.69, 9.17) is 0 Å². The standard InChI is InChI=1S/C24H34N4O/c1-5-27(6-2)18-20-7-9-21(10-8-20)24(29)25-22-11-12-23(19(3)17-22)28-15-13-26(4)14-16-28/h7-12,17H,5-6,13-16,18H2,1-4H3,(H,25,29). The third-order valence-corrected chi connectivity index (χ3v) is 5.82. The van der Waals surface area contributed by atoms with E-state index in [9.17, 15) is 4.79 Å². The summed E-state index contributed by atoms with van der Waals surface area (Å²) in [7, 11) is 2.17. The predicted molar refractivity (Wildman–Crippen MR) is 122 cm³/mol. The molecule has 0 atom stereocenters. The van der Waals surface area contributed by atoms with Crippen LogP contribution >= 0.6 is 0 Å². The van der Waals surface area contributed by atoms with Crippen molar-refractivity contribution in [1.82, 2.24) is 9.80 Å². The first-order chi connectivity index (χ1) is 14.0. The summed E-state index contributed by atoms with van der Waals surface area (Å²) < 4.78 is 0. The van der Waals surface area contributed by atoms with Gasteiger partial charge in [0.2, 0.25) is 0 Å². The van der Waals surface area contributed by atoms with Gasteiger partial charge in [-0.15, -0.1) is 0 Å². The summed E-state index contributed by atoms with van der Waals surface area (Å²) in [5.74, 6) is -0.0638. The number of benzene rings is 2. The molecule has 0 aliphatic carbocycles. The number of anilines is 2. The SMILES string of the molecule is CCN(CC)Cc1ccc(C(=O)Nc2ccc(N3CCN(C)CC3)c(C)c2)cc1. The molecule has 1 N–H and O–H groups in total. The van der Waals surface area contributed by atoms with Crippen LogP contribution in [0.5, 0.6) is 0 Å². The van der Waals surface area contributed by atoms with Crippen LogP contribution in [-0.4, -0.2) is 62.0 Å². The molecule has 0 radical (unpaired) electrons. The first-order valence-electron chi connectivity index (χ1n) is 10.7. The molecule has 0 unspecified atom stereocenters. The van der Waals surface area contributed by atoms with Crippen molar-refractivity contribution < 1.29 is 4.79 Å². The van der Waals surface area contributed by atoms with E-state index >= 15 is 0 Å². The Morgan fingerprint density at radius 1 is 1.00 bits per heavy atom. The van der Waals surface area contributed by atoms with E-state index in [1.807, 2.05) is 18.2 Å². The second-order valence-electron chi connectivity index (χ2n) is 7.90. The molecule has 2 aromatic carbocycles. The second-order valence-corrected chi connectivity index (χ2v) is 7.90. The molecule has 0 bridgehead atoms. The van der Waals surface area contributed by atoms with E-state index in [0.717, 1.165) is 51.5 Å². The van der Waals surface area contributed by atoms with Crippen molar-refractivity contribution in [3.05, 3.63) is 59.2 Å². The van der Waals surface area contributed by atoms with E-state index in [1.165, 1.54) is 16.8 Å². The molecule has 1 aliphatic rings. The van der Waals surface area contributed by atoms with Crippen LogP contribution < -0.4 is 10.2 Å². The molecule has 1 heterocycles. The maximum Gasteiger partial charge on any atom is 0.255 e. The Kier molecular flexibility index (Phi) is 7.29. The summed E-state index contributed by atoms with van der Waals surface area (Å²) in [6.07, 6.45) is 0. The Balaban J connectivity index is 1.62. The third-order valence-electron chi connectivity index (χ3n) is 5.82. The van der Waals surface area contributed by atoms with Gasteiger partial charge in [0.25, 0.3) is 5.91 Å². The van der Waals surface area contributed by atoms with Gasteiger partial charge in [-0.2, -0.15) is 0 Å². The number of nitrogens with one attached hydrogen (secondary N) is 1. The molecule has 156 valence electrons. The van der Waals surface area contributed by atoms with Crippen molar-refractivity contribution in [2.24, 2.45) is 0 Å². The highest BCUT2D eigenvalue weighted by Gasteiger charge is 2.16. The molecule has 1 fully saturated rings. The molecule has 1 amide bonds. The summed E-state index contributed by atoms with van der Waals surface area (Å²) in [5.41, 5.74) is 5.23. The van der Waals surface area contributed by atoms with Crippen molar-refractivity contribution in [3.8, 4) is 0 Å². The molecule has 29 heavy (non-hydrogen) atoms. The fourth-order valence-electron chi connectivity index (χ4n) is 3.81. The Morgan fingerprint density at radius 2 is 1.66 bits per heavy atom. The molecular formula is C24H34N4O. The van der Waals surface area contributed by atoms with E-state index in [1.54, 1.807) is 0 Å². The van der Waals surface area contributed by atoms with E-state index < -0.39 is 0 Å². The average molecular weight is 395 g/mol. The fraction of sp³-hybridized carbons (Fsp3) is 0.458. The fourth-order valence-corrected chi connectivity index (χ4v) is 3.81. The number of aryl methyl sites for hydroxylation is 1. The lowest BCUT2D eigenvalue weighted by Crippen LogP contribution is -2.44. The third kappa shape index (κ3) is 5.58. The minimum atomic E-state index is -0.0638. The van der Waals surface area contributed by atoms with Crippen LogP contribution in [0.4, 0.5) is 11.4 Å². The topological polar surface area (TPSA) is 38.8 Å². The van der Waals surface area contributed by atoms with Crippen molar-refractivity contribution in [1.29, 1.82) is 0 Å². The van der Waals surface area contributed by atoms with Gasteiger partial charge in [-0.05, 0) is 68.5 Å². The lowest BCUT2D eigenvalue weighted by Gasteiger charge is -2.35. The van der Waals surface area contributed by atoms with Gasteiger partial charge in [-0.25, -0.2) is 0 Å². The van der Waals surface area contributed by atoms with Gasteiger partial charge in [-0.1, -0.05) is 26.0 Å². The zero-order valence-corrected chi connectivity index (χ0v) is 18.2. The molecule has 0 spiro atoms. The summed E-state index contributed by atoms with van der Waals surface area (Å²) >= 11 is 0. The predicted octanol–water partition coefficient (Wildman–Crippen LogP) is 3.84. The second kappa shape index (κ2) is 9.90. The van der Waals surface area contributed by atoms with Crippen molar-refractivity contribution in [2.45, 2.75) is 27.3 Å². The highest BCUT2D eigenvalue weighted by atomic mass is 16.1. The van der Waals surface area contributed by atoms with Crippen LogP contribution in [0.3, 0.4) is 0 Å². The van der Waals surface area contributed by atoms with E-state index in [-0.39, 0.29) is 5.91 Å². The number of hydrogen-bond donors (Lipinski definition) is 1. The van der Waals surface area contributed by atoms with Gasteiger partial charge in [0, 0.05) is 49.7 Å². The maximum atomic E-state index is 12.7. The summed E-state index contributed by atoms with van der Waals surface area (Å²) in [4.78, 5) is 19.8. The molecule has 1 saturated heterocycles. The number of carbonyl (C=O) groups is 1. The van der Waals surface area contributed by atoms with Crippen LogP contribution in [0.15, 0.2) is 42.5 Å². The van der Waals surface area contributed by atoms with E-state index in [0.29, 0.717) is 5.56 Å². The Morgan fingerprint density at radius 3 is 2.24 bits per heavy atom. The van der Waals surface area contributed by atoms with Gasteiger partial charge in [-0.3, -0.25) is 9.69 Å². The van der Waals surface area contributed by atoms with Crippen molar-refractivity contribution in [2.75, 3.05) is 56.5 Å². The van der Waals surface area contributed by atoms with Gasteiger partial charge in [0.15, 0.2) is 0 Å². The molecule has 3 rings (SSSR count). The van der Waals surface area contributed by atoms with Crippen molar-refractivity contribution in [3.63, 3.8) is 0 Å². The summed E-state index contributed by atoms with van der Waals surface area (Å²) in [6, 6.07) is 14.1.